The van der Waals surface area contributed by atoms with Crippen LogP contribution in [0.1, 0.15) is 45.6 Å². The van der Waals surface area contributed by atoms with Crippen LogP contribution < -0.4 is 10.6 Å². The van der Waals surface area contributed by atoms with Gasteiger partial charge in [0.25, 0.3) is 0 Å². The Kier molecular flexibility index (Phi) is 7.65. The second-order valence-electron chi connectivity index (χ2n) is 7.64. The van der Waals surface area contributed by atoms with Crippen molar-refractivity contribution in [1.29, 1.82) is 0 Å². The molecule has 152 valence electrons. The zero-order chi connectivity index (χ0) is 19.9. The predicted octanol–water partition coefficient (Wildman–Crippen LogP) is 0.831. The topological polar surface area (TPSA) is 94.8 Å². The Morgan fingerprint density at radius 2 is 2.26 bits per heavy atom. The first-order valence-corrected chi connectivity index (χ1v) is 9.83. The van der Waals surface area contributed by atoms with E-state index in [2.05, 4.69) is 27.6 Å². The Morgan fingerprint density at radius 3 is 2.89 bits per heavy atom. The molecule has 1 aromatic heterocycles. The summed E-state index contributed by atoms with van der Waals surface area (Å²) in [5.41, 5.74) is -0.380. The molecule has 0 aliphatic carbocycles. The Bertz CT molecular complexity index is 640. The minimum Gasteiger partial charge on any atom is -0.383 e. The number of aliphatic imine (C=N–C) groups is 1. The van der Waals surface area contributed by atoms with Gasteiger partial charge in [-0.25, -0.2) is 4.99 Å². The third-order valence-electron chi connectivity index (χ3n) is 4.86. The van der Waals surface area contributed by atoms with E-state index in [0.29, 0.717) is 31.4 Å². The average Bonchev–Trinajstić information content (AvgIpc) is 3.07. The van der Waals surface area contributed by atoms with Crippen LogP contribution in [0.2, 0.25) is 0 Å². The number of carbonyl (C=O) groups is 1. The number of aliphatic hydroxyl groups is 1. The number of piperidine rings is 1. The summed E-state index contributed by atoms with van der Waals surface area (Å²) in [5, 5.41) is 21.1. The molecule has 0 bridgehead atoms. The summed E-state index contributed by atoms with van der Waals surface area (Å²) in [4.78, 5) is 18.8. The maximum absolute atomic E-state index is 12.4. The Morgan fingerprint density at radius 1 is 1.48 bits per heavy atom. The van der Waals surface area contributed by atoms with E-state index < -0.39 is 5.60 Å². The lowest BCUT2D eigenvalue weighted by atomic mass is 10.00. The number of hydrogen-bond acceptors (Lipinski definition) is 4. The van der Waals surface area contributed by atoms with E-state index in [0.717, 1.165) is 25.1 Å². The molecule has 1 fully saturated rings. The molecule has 2 unspecified atom stereocenters. The number of likely N-dealkylation sites (tertiary alicyclic amines) is 1. The molecule has 8 heteroatoms. The van der Waals surface area contributed by atoms with Crippen molar-refractivity contribution in [2.45, 2.75) is 45.6 Å². The highest BCUT2D eigenvalue weighted by Crippen LogP contribution is 2.20. The van der Waals surface area contributed by atoms with Crippen molar-refractivity contribution in [3.8, 4) is 0 Å². The monoisotopic (exact) mass is 378 g/mol. The molecule has 0 radical (unpaired) electrons. The van der Waals surface area contributed by atoms with E-state index in [4.69, 9.17) is 0 Å². The highest BCUT2D eigenvalue weighted by atomic mass is 16.3. The van der Waals surface area contributed by atoms with Crippen LogP contribution in [0.25, 0.3) is 0 Å². The molecule has 0 aromatic carbocycles. The number of aromatic nitrogens is 2. The number of amides is 1. The molecule has 1 aliphatic rings. The fourth-order valence-corrected chi connectivity index (χ4v) is 3.23. The predicted molar refractivity (Wildman–Crippen MR) is 106 cm³/mol. The summed E-state index contributed by atoms with van der Waals surface area (Å²) in [7, 11) is 1.81. The largest absolute Gasteiger partial charge is 0.383 e. The number of guanidine groups is 1. The molecule has 3 N–H and O–H groups in total. The van der Waals surface area contributed by atoms with E-state index in [-0.39, 0.29) is 12.5 Å². The Hall–Kier alpha value is -2.09. The standard InChI is InChI=1S/C19H34N6O2/c1-5-20-18(22-14-19(3,27)16-11-23-24(4)13-16)21-9-8-17(26)25-10-6-7-15(2)12-25/h11,13,15,27H,5-10,12,14H2,1-4H3,(H2,20,21,22). The van der Waals surface area contributed by atoms with Crippen LogP contribution in [0.4, 0.5) is 0 Å². The van der Waals surface area contributed by atoms with Crippen LogP contribution in [0.5, 0.6) is 0 Å². The lowest BCUT2D eigenvalue weighted by Gasteiger charge is -2.31. The summed E-state index contributed by atoms with van der Waals surface area (Å²) in [5.74, 6) is 1.37. The highest BCUT2D eigenvalue weighted by molar-refractivity contribution is 5.81. The molecular formula is C19H34N6O2. The molecule has 27 heavy (non-hydrogen) atoms. The molecule has 2 heterocycles. The lowest BCUT2D eigenvalue weighted by Crippen LogP contribution is -2.43. The van der Waals surface area contributed by atoms with Crippen LogP contribution in [-0.2, 0) is 17.4 Å². The number of nitrogens with one attached hydrogen (secondary N) is 2. The maximum atomic E-state index is 12.4. The average molecular weight is 379 g/mol. The summed E-state index contributed by atoms with van der Waals surface area (Å²) in [6.45, 7) is 9.05. The van der Waals surface area contributed by atoms with Crippen LogP contribution in [0, 0.1) is 5.92 Å². The molecule has 8 nitrogen and oxygen atoms in total. The first-order chi connectivity index (χ1) is 12.8. The van der Waals surface area contributed by atoms with E-state index in [9.17, 15) is 9.90 Å². The molecule has 1 saturated heterocycles. The van der Waals surface area contributed by atoms with Crippen molar-refractivity contribution in [1.82, 2.24) is 25.3 Å². The van der Waals surface area contributed by atoms with Gasteiger partial charge < -0.3 is 20.6 Å². The van der Waals surface area contributed by atoms with Crippen LogP contribution >= 0.6 is 0 Å². The van der Waals surface area contributed by atoms with Crippen LogP contribution in [0.15, 0.2) is 17.4 Å². The van der Waals surface area contributed by atoms with Gasteiger partial charge in [0.15, 0.2) is 5.96 Å². The maximum Gasteiger partial charge on any atom is 0.224 e. The van der Waals surface area contributed by atoms with E-state index in [1.807, 2.05) is 18.9 Å². The fraction of sp³-hybridized carbons (Fsp3) is 0.737. The molecular weight excluding hydrogens is 344 g/mol. The number of nitrogens with zero attached hydrogens (tertiary/aromatic N) is 4. The van der Waals surface area contributed by atoms with Crippen molar-refractivity contribution in [2.75, 3.05) is 32.7 Å². The van der Waals surface area contributed by atoms with Gasteiger partial charge in [0.05, 0.1) is 12.7 Å². The molecule has 2 rings (SSSR count). The quantitative estimate of drug-likeness (QED) is 0.483. The molecule has 1 aliphatic heterocycles. The summed E-state index contributed by atoms with van der Waals surface area (Å²) in [6.07, 6.45) is 6.17. The van der Waals surface area contributed by atoms with Crippen molar-refractivity contribution >= 4 is 11.9 Å². The summed E-state index contributed by atoms with van der Waals surface area (Å²) in [6, 6.07) is 0. The molecule has 0 spiro atoms. The SMILES string of the molecule is CCNC(=NCC(C)(O)c1cnn(C)c1)NCCC(=O)N1CCCC(C)C1. The van der Waals surface area contributed by atoms with Gasteiger partial charge in [0.2, 0.25) is 5.91 Å². The number of rotatable bonds is 7. The molecule has 2 atom stereocenters. The van der Waals surface area contributed by atoms with Gasteiger partial charge in [-0.15, -0.1) is 0 Å². The van der Waals surface area contributed by atoms with E-state index in [1.165, 1.54) is 6.42 Å². The number of carbonyl (C=O) groups excluding carboxylic acids is 1. The van der Waals surface area contributed by atoms with Crippen LogP contribution in [-0.4, -0.2) is 64.4 Å². The molecule has 1 amide bonds. The lowest BCUT2D eigenvalue weighted by molar-refractivity contribution is -0.132. The summed E-state index contributed by atoms with van der Waals surface area (Å²) < 4.78 is 1.66. The van der Waals surface area contributed by atoms with E-state index >= 15 is 0 Å². The minimum atomic E-state index is -1.10. The second kappa shape index (κ2) is 9.73. The van der Waals surface area contributed by atoms with Gasteiger partial charge in [0, 0.05) is 51.4 Å². The van der Waals surface area contributed by atoms with Gasteiger partial charge in [-0.05, 0) is 32.6 Å². The highest BCUT2D eigenvalue weighted by Gasteiger charge is 2.25. The zero-order valence-corrected chi connectivity index (χ0v) is 17.0. The zero-order valence-electron chi connectivity index (χ0n) is 17.0. The van der Waals surface area contributed by atoms with Crippen molar-refractivity contribution in [3.05, 3.63) is 18.0 Å². The van der Waals surface area contributed by atoms with Crippen molar-refractivity contribution < 1.29 is 9.90 Å². The van der Waals surface area contributed by atoms with Crippen LogP contribution in [0.3, 0.4) is 0 Å². The van der Waals surface area contributed by atoms with Gasteiger partial charge >= 0.3 is 0 Å². The third kappa shape index (κ3) is 6.53. The van der Waals surface area contributed by atoms with Gasteiger partial charge in [-0.2, -0.15) is 5.10 Å². The third-order valence-corrected chi connectivity index (χ3v) is 4.86. The second-order valence-corrected chi connectivity index (χ2v) is 7.64. The first-order valence-electron chi connectivity index (χ1n) is 9.83. The van der Waals surface area contributed by atoms with Gasteiger partial charge in [-0.3, -0.25) is 9.48 Å². The van der Waals surface area contributed by atoms with Gasteiger partial charge in [0.1, 0.15) is 5.60 Å². The van der Waals surface area contributed by atoms with Crippen molar-refractivity contribution in [3.63, 3.8) is 0 Å². The molecule has 1 aromatic rings. The Balaban J connectivity index is 1.85. The van der Waals surface area contributed by atoms with Gasteiger partial charge in [-0.1, -0.05) is 6.92 Å². The molecule has 0 saturated carbocycles. The number of hydrogen-bond donors (Lipinski definition) is 3. The number of aryl methyl sites for hydroxylation is 1. The smallest absolute Gasteiger partial charge is 0.224 e. The Labute approximate surface area is 162 Å². The fourth-order valence-electron chi connectivity index (χ4n) is 3.23. The normalized spacial score (nSPS) is 20.3. The first kappa shape index (κ1) is 21.2. The van der Waals surface area contributed by atoms with E-state index in [1.54, 1.807) is 24.0 Å². The minimum absolute atomic E-state index is 0.187. The van der Waals surface area contributed by atoms with Crippen molar-refractivity contribution in [2.24, 2.45) is 18.0 Å². The summed E-state index contributed by atoms with van der Waals surface area (Å²) >= 11 is 0.